The van der Waals surface area contributed by atoms with Crippen LogP contribution in [0.3, 0.4) is 0 Å². The zero-order valence-electron chi connectivity index (χ0n) is 12.0. The second kappa shape index (κ2) is 6.52. The van der Waals surface area contributed by atoms with Crippen LogP contribution in [0.2, 0.25) is 0 Å². The minimum absolute atomic E-state index is 0.524. The summed E-state index contributed by atoms with van der Waals surface area (Å²) in [5, 5.41) is 4.56. The fourth-order valence-corrected chi connectivity index (χ4v) is 3.65. The van der Waals surface area contributed by atoms with E-state index in [1.165, 1.54) is 36.6 Å². The largest absolute Gasteiger partial charge is 0.370 e. The van der Waals surface area contributed by atoms with Crippen molar-refractivity contribution in [1.29, 1.82) is 0 Å². The van der Waals surface area contributed by atoms with Crippen LogP contribution in [0.4, 0.5) is 0 Å². The Hall–Kier alpha value is -1.49. The maximum absolute atomic E-state index is 5.96. The van der Waals surface area contributed by atoms with Crippen LogP contribution in [0.15, 0.2) is 33.9 Å². The van der Waals surface area contributed by atoms with E-state index in [1.807, 2.05) is 6.07 Å². The van der Waals surface area contributed by atoms with Crippen molar-refractivity contribution in [3.63, 3.8) is 0 Å². The fourth-order valence-electron chi connectivity index (χ4n) is 3.03. The Morgan fingerprint density at radius 2 is 2.19 bits per heavy atom. The number of nitrogens with two attached hydrogens (primary N) is 1. The first kappa shape index (κ1) is 14.4. The number of nitrogens with zero attached hydrogens (tertiary/aromatic N) is 1. The standard InChI is InChI=1S/C16H21BrN4/c17-13-6-3-7-14-15(13)11(10-20-14)8-9-19-16(18)21-12-4-1-2-5-12/h3,6-7,10,12,20H,1-2,4-5,8-9H2,(H3,18,19,21). The van der Waals surface area contributed by atoms with E-state index in [9.17, 15) is 0 Å². The van der Waals surface area contributed by atoms with E-state index in [4.69, 9.17) is 5.73 Å². The van der Waals surface area contributed by atoms with Gasteiger partial charge in [-0.3, -0.25) is 4.99 Å². The Labute approximate surface area is 133 Å². The first-order chi connectivity index (χ1) is 10.2. The summed E-state index contributed by atoms with van der Waals surface area (Å²) in [4.78, 5) is 7.75. The average Bonchev–Trinajstić information content (AvgIpc) is 3.09. The van der Waals surface area contributed by atoms with Gasteiger partial charge in [0, 0.05) is 34.2 Å². The molecule has 1 aliphatic carbocycles. The maximum Gasteiger partial charge on any atom is 0.188 e. The molecule has 0 bridgehead atoms. The predicted octanol–water partition coefficient (Wildman–Crippen LogP) is 3.32. The van der Waals surface area contributed by atoms with Crippen molar-refractivity contribution >= 4 is 32.8 Å². The number of nitrogens with one attached hydrogen (secondary N) is 2. The average molecular weight is 349 g/mol. The number of rotatable bonds is 4. The molecule has 0 atom stereocenters. The van der Waals surface area contributed by atoms with E-state index in [2.05, 4.69) is 49.6 Å². The van der Waals surface area contributed by atoms with Gasteiger partial charge in [0.15, 0.2) is 5.96 Å². The van der Waals surface area contributed by atoms with Crippen LogP contribution in [-0.4, -0.2) is 23.5 Å². The minimum Gasteiger partial charge on any atom is -0.370 e. The molecule has 0 spiro atoms. The molecule has 4 N–H and O–H groups in total. The lowest BCUT2D eigenvalue weighted by molar-refractivity contribution is 0.625. The van der Waals surface area contributed by atoms with Crippen molar-refractivity contribution < 1.29 is 0 Å². The van der Waals surface area contributed by atoms with Crippen molar-refractivity contribution in [3.05, 3.63) is 34.4 Å². The molecule has 1 fully saturated rings. The zero-order valence-corrected chi connectivity index (χ0v) is 13.6. The number of guanidine groups is 1. The Bertz CT molecular complexity index is 641. The number of halogens is 1. The summed E-state index contributed by atoms with van der Waals surface area (Å²) < 4.78 is 1.12. The molecule has 112 valence electrons. The highest BCUT2D eigenvalue weighted by molar-refractivity contribution is 9.10. The summed E-state index contributed by atoms with van der Waals surface area (Å²) in [6.07, 6.45) is 7.97. The van der Waals surface area contributed by atoms with Gasteiger partial charge in [-0.2, -0.15) is 0 Å². The summed E-state index contributed by atoms with van der Waals surface area (Å²) in [5.74, 6) is 0.584. The molecule has 0 saturated heterocycles. The predicted molar refractivity (Wildman–Crippen MR) is 91.6 cm³/mol. The molecule has 1 saturated carbocycles. The van der Waals surface area contributed by atoms with E-state index in [-0.39, 0.29) is 0 Å². The van der Waals surface area contributed by atoms with Crippen LogP contribution in [0.25, 0.3) is 10.9 Å². The van der Waals surface area contributed by atoms with Crippen LogP contribution in [0, 0.1) is 0 Å². The third-order valence-corrected chi connectivity index (χ3v) is 4.77. The molecule has 1 aliphatic rings. The van der Waals surface area contributed by atoms with Gasteiger partial charge in [0.1, 0.15) is 0 Å². The minimum atomic E-state index is 0.524. The van der Waals surface area contributed by atoms with Crippen LogP contribution in [-0.2, 0) is 6.42 Å². The first-order valence-electron chi connectivity index (χ1n) is 7.55. The van der Waals surface area contributed by atoms with Gasteiger partial charge < -0.3 is 16.0 Å². The molecule has 0 radical (unpaired) electrons. The Kier molecular flexibility index (Phi) is 4.48. The number of hydrogen-bond acceptors (Lipinski definition) is 1. The zero-order chi connectivity index (χ0) is 14.7. The van der Waals surface area contributed by atoms with Gasteiger partial charge in [0.05, 0.1) is 0 Å². The lowest BCUT2D eigenvalue weighted by Crippen LogP contribution is -2.38. The molecule has 1 aromatic heterocycles. The molecular weight excluding hydrogens is 328 g/mol. The van der Waals surface area contributed by atoms with Crippen molar-refractivity contribution in [2.45, 2.75) is 38.1 Å². The molecule has 0 unspecified atom stereocenters. The van der Waals surface area contributed by atoms with Gasteiger partial charge in [-0.05, 0) is 37.0 Å². The van der Waals surface area contributed by atoms with E-state index in [1.54, 1.807) is 0 Å². The highest BCUT2D eigenvalue weighted by Crippen LogP contribution is 2.27. The number of hydrogen-bond donors (Lipinski definition) is 3. The molecule has 5 heteroatoms. The number of benzene rings is 1. The summed E-state index contributed by atoms with van der Waals surface area (Å²) in [7, 11) is 0. The van der Waals surface area contributed by atoms with Crippen LogP contribution in [0.5, 0.6) is 0 Å². The van der Waals surface area contributed by atoms with Crippen molar-refractivity contribution in [2.24, 2.45) is 10.7 Å². The monoisotopic (exact) mass is 348 g/mol. The molecular formula is C16H21BrN4. The molecule has 21 heavy (non-hydrogen) atoms. The van der Waals surface area contributed by atoms with Gasteiger partial charge in [-0.1, -0.05) is 34.8 Å². The molecule has 0 aliphatic heterocycles. The Morgan fingerprint density at radius 1 is 1.38 bits per heavy atom. The number of aromatic nitrogens is 1. The van der Waals surface area contributed by atoms with E-state index >= 15 is 0 Å². The molecule has 3 rings (SSSR count). The van der Waals surface area contributed by atoms with Crippen LogP contribution in [0.1, 0.15) is 31.2 Å². The second-order valence-corrected chi connectivity index (χ2v) is 6.47. The number of aliphatic imine (C=N–C) groups is 1. The SMILES string of the molecule is NC(=NCCc1c[nH]c2cccc(Br)c12)NC1CCCC1. The topological polar surface area (TPSA) is 66.2 Å². The lowest BCUT2D eigenvalue weighted by atomic mass is 10.1. The van der Waals surface area contributed by atoms with Crippen molar-refractivity contribution in [1.82, 2.24) is 10.3 Å². The summed E-state index contributed by atoms with van der Waals surface area (Å²) >= 11 is 3.61. The van der Waals surface area contributed by atoms with Gasteiger partial charge >= 0.3 is 0 Å². The highest BCUT2D eigenvalue weighted by atomic mass is 79.9. The van der Waals surface area contributed by atoms with E-state index < -0.39 is 0 Å². The lowest BCUT2D eigenvalue weighted by Gasteiger charge is -2.12. The second-order valence-electron chi connectivity index (χ2n) is 5.62. The van der Waals surface area contributed by atoms with Crippen molar-refractivity contribution in [2.75, 3.05) is 6.54 Å². The summed E-state index contributed by atoms with van der Waals surface area (Å²) in [6.45, 7) is 0.708. The van der Waals surface area contributed by atoms with E-state index in [0.29, 0.717) is 18.5 Å². The van der Waals surface area contributed by atoms with Crippen molar-refractivity contribution in [3.8, 4) is 0 Å². The molecule has 2 aromatic rings. The van der Waals surface area contributed by atoms with E-state index in [0.717, 1.165) is 16.4 Å². The van der Waals surface area contributed by atoms with Crippen LogP contribution < -0.4 is 11.1 Å². The van der Waals surface area contributed by atoms with Gasteiger partial charge in [0.2, 0.25) is 0 Å². The molecule has 1 aromatic carbocycles. The Morgan fingerprint density at radius 3 is 3.00 bits per heavy atom. The smallest absolute Gasteiger partial charge is 0.188 e. The van der Waals surface area contributed by atoms with Gasteiger partial charge in [0.25, 0.3) is 0 Å². The normalized spacial score (nSPS) is 16.7. The number of fused-ring (bicyclic) bond motifs is 1. The third kappa shape index (κ3) is 3.40. The van der Waals surface area contributed by atoms with Gasteiger partial charge in [-0.15, -0.1) is 0 Å². The Balaban J connectivity index is 1.61. The van der Waals surface area contributed by atoms with Crippen LogP contribution >= 0.6 is 15.9 Å². The third-order valence-electron chi connectivity index (χ3n) is 4.11. The summed E-state index contributed by atoms with van der Waals surface area (Å²) in [6, 6.07) is 6.71. The number of H-pyrrole nitrogens is 1. The molecule has 0 amide bonds. The molecule has 4 nitrogen and oxygen atoms in total. The maximum atomic E-state index is 5.96. The quantitative estimate of drug-likeness (QED) is 0.586. The first-order valence-corrected chi connectivity index (χ1v) is 8.34. The highest BCUT2D eigenvalue weighted by Gasteiger charge is 2.14. The number of aromatic amines is 1. The summed E-state index contributed by atoms with van der Waals surface area (Å²) in [5.41, 5.74) is 8.38. The van der Waals surface area contributed by atoms with Gasteiger partial charge in [-0.25, -0.2) is 0 Å². The fraction of sp³-hybridized carbons (Fsp3) is 0.438. The molecule has 1 heterocycles.